The molecule has 0 N–H and O–H groups in total. The Morgan fingerprint density at radius 1 is 1.21 bits per heavy atom. The topological polar surface area (TPSA) is 36.9 Å². The van der Waals surface area contributed by atoms with Gasteiger partial charge in [0.2, 0.25) is 0 Å². The van der Waals surface area contributed by atoms with Gasteiger partial charge in [-0.1, -0.05) is 12.1 Å². The molecule has 4 heteroatoms. The van der Waals surface area contributed by atoms with Crippen molar-refractivity contribution in [2.75, 3.05) is 26.9 Å². The molecule has 0 aliphatic carbocycles. The summed E-state index contributed by atoms with van der Waals surface area (Å²) in [5.74, 6) is 0.887. The van der Waals surface area contributed by atoms with E-state index >= 15 is 0 Å². The molecule has 2 aliphatic heterocycles. The highest BCUT2D eigenvalue weighted by atomic mass is 16.7. The highest BCUT2D eigenvalue weighted by molar-refractivity contribution is 5.56. The lowest BCUT2D eigenvalue weighted by Crippen LogP contribution is -2.41. The van der Waals surface area contributed by atoms with Crippen LogP contribution in [0.2, 0.25) is 0 Å². The third-order valence-electron chi connectivity index (χ3n) is 3.09. The van der Waals surface area contributed by atoms with Crippen LogP contribution in [0.3, 0.4) is 0 Å². The van der Waals surface area contributed by atoms with Crippen molar-refractivity contribution < 1.29 is 18.9 Å². The Morgan fingerprint density at radius 3 is 2.74 bits per heavy atom. The van der Waals surface area contributed by atoms with Crippen molar-refractivity contribution in [1.29, 1.82) is 0 Å². The van der Waals surface area contributed by atoms with Gasteiger partial charge in [-0.3, -0.25) is 0 Å². The molecule has 19 heavy (non-hydrogen) atoms. The summed E-state index contributed by atoms with van der Waals surface area (Å²) < 4.78 is 22.0. The maximum absolute atomic E-state index is 5.82. The quantitative estimate of drug-likeness (QED) is 0.818. The van der Waals surface area contributed by atoms with Gasteiger partial charge in [-0.05, 0) is 35.9 Å². The van der Waals surface area contributed by atoms with Crippen molar-refractivity contribution >= 4 is 6.08 Å². The van der Waals surface area contributed by atoms with E-state index in [1.807, 2.05) is 42.5 Å². The lowest BCUT2D eigenvalue weighted by Gasteiger charge is -2.31. The molecule has 0 bridgehead atoms. The Morgan fingerprint density at radius 2 is 2.05 bits per heavy atom. The molecule has 0 amide bonds. The van der Waals surface area contributed by atoms with Gasteiger partial charge in [-0.15, -0.1) is 0 Å². The van der Waals surface area contributed by atoms with E-state index in [0.29, 0.717) is 19.8 Å². The Balaban J connectivity index is 1.73. The molecular formula is C15H16O4. The lowest BCUT2D eigenvalue weighted by molar-refractivity contribution is -0.239. The van der Waals surface area contributed by atoms with Crippen LogP contribution in [-0.2, 0) is 14.2 Å². The third-order valence-corrected chi connectivity index (χ3v) is 3.09. The highest BCUT2D eigenvalue weighted by Crippen LogP contribution is 2.30. The lowest BCUT2D eigenvalue weighted by atomic mass is 10.2. The molecule has 1 fully saturated rings. The van der Waals surface area contributed by atoms with Crippen molar-refractivity contribution in [3.05, 3.63) is 47.7 Å². The standard InChI is InChI=1S/C15H16O4/c1-16-13-4-2-12(3-5-13)10-14-6-7-15(19-14)11-17-8-9-18-15/h2-7,10H,8-9,11H2,1H3/b14-10+. The number of rotatable bonds is 2. The van der Waals surface area contributed by atoms with Crippen LogP contribution in [0.25, 0.3) is 6.08 Å². The minimum atomic E-state index is -0.726. The first-order valence-corrected chi connectivity index (χ1v) is 6.25. The summed E-state index contributed by atoms with van der Waals surface area (Å²) >= 11 is 0. The zero-order valence-corrected chi connectivity index (χ0v) is 10.8. The van der Waals surface area contributed by atoms with Crippen LogP contribution in [0.4, 0.5) is 0 Å². The Hall–Kier alpha value is -1.78. The van der Waals surface area contributed by atoms with E-state index in [0.717, 1.165) is 17.1 Å². The summed E-state index contributed by atoms with van der Waals surface area (Å²) in [7, 11) is 1.65. The second-order valence-corrected chi connectivity index (χ2v) is 4.47. The monoisotopic (exact) mass is 260 g/mol. The largest absolute Gasteiger partial charge is 0.497 e. The SMILES string of the molecule is COc1ccc(/C=C2\C=CC3(COCCO3)O2)cc1. The molecule has 1 aromatic carbocycles. The predicted molar refractivity (Wildman–Crippen MR) is 70.7 cm³/mol. The van der Waals surface area contributed by atoms with Crippen LogP contribution < -0.4 is 4.74 Å². The molecule has 1 spiro atoms. The molecule has 1 atom stereocenters. The van der Waals surface area contributed by atoms with Gasteiger partial charge < -0.3 is 18.9 Å². The van der Waals surface area contributed by atoms with Crippen molar-refractivity contribution in [3.63, 3.8) is 0 Å². The van der Waals surface area contributed by atoms with Gasteiger partial charge in [0.1, 0.15) is 18.1 Å². The van der Waals surface area contributed by atoms with Crippen molar-refractivity contribution in [1.82, 2.24) is 0 Å². The predicted octanol–water partition coefficient (Wildman–Crippen LogP) is 2.37. The fourth-order valence-corrected chi connectivity index (χ4v) is 2.10. The van der Waals surface area contributed by atoms with Crippen molar-refractivity contribution in [3.8, 4) is 5.75 Å². The zero-order chi connectivity index (χ0) is 13.1. The first kappa shape index (κ1) is 12.3. The van der Waals surface area contributed by atoms with Gasteiger partial charge in [0.25, 0.3) is 5.79 Å². The number of methoxy groups -OCH3 is 1. The van der Waals surface area contributed by atoms with Crippen LogP contribution in [0.15, 0.2) is 42.2 Å². The first-order chi connectivity index (χ1) is 9.30. The van der Waals surface area contributed by atoms with Gasteiger partial charge in [0, 0.05) is 0 Å². The van der Waals surface area contributed by atoms with Gasteiger partial charge in [-0.2, -0.15) is 0 Å². The summed E-state index contributed by atoms with van der Waals surface area (Å²) in [6.45, 7) is 1.61. The Bertz CT molecular complexity index is 495. The smallest absolute Gasteiger partial charge is 0.254 e. The molecular weight excluding hydrogens is 244 g/mol. The molecule has 1 saturated heterocycles. The van der Waals surface area contributed by atoms with Crippen LogP contribution in [0, 0.1) is 0 Å². The van der Waals surface area contributed by atoms with E-state index in [1.165, 1.54) is 0 Å². The summed E-state index contributed by atoms with van der Waals surface area (Å²) in [4.78, 5) is 0. The molecule has 2 aliphatic rings. The third kappa shape index (κ3) is 2.64. The molecule has 1 unspecified atom stereocenters. The second-order valence-electron chi connectivity index (χ2n) is 4.47. The molecule has 0 aromatic heterocycles. The number of hydrogen-bond donors (Lipinski definition) is 0. The van der Waals surface area contributed by atoms with Gasteiger partial charge in [0.15, 0.2) is 0 Å². The maximum atomic E-state index is 5.82. The van der Waals surface area contributed by atoms with Crippen LogP contribution in [0.5, 0.6) is 5.75 Å². The van der Waals surface area contributed by atoms with E-state index < -0.39 is 5.79 Å². The average Bonchev–Trinajstić information content (AvgIpc) is 2.83. The molecule has 4 nitrogen and oxygen atoms in total. The number of hydrogen-bond acceptors (Lipinski definition) is 4. The highest BCUT2D eigenvalue weighted by Gasteiger charge is 2.37. The normalized spacial score (nSPS) is 27.7. The summed E-state index contributed by atoms with van der Waals surface area (Å²) in [6.07, 6.45) is 5.78. The Labute approximate surface area is 112 Å². The maximum Gasteiger partial charge on any atom is 0.254 e. The molecule has 1 aromatic rings. The van der Waals surface area contributed by atoms with Crippen LogP contribution in [-0.4, -0.2) is 32.7 Å². The van der Waals surface area contributed by atoms with E-state index in [1.54, 1.807) is 7.11 Å². The minimum Gasteiger partial charge on any atom is -0.497 e. The van der Waals surface area contributed by atoms with E-state index in [9.17, 15) is 0 Å². The number of ether oxygens (including phenoxy) is 4. The first-order valence-electron chi connectivity index (χ1n) is 6.25. The number of benzene rings is 1. The van der Waals surface area contributed by atoms with Gasteiger partial charge in [-0.25, -0.2) is 0 Å². The van der Waals surface area contributed by atoms with Crippen molar-refractivity contribution in [2.45, 2.75) is 5.79 Å². The summed E-state index contributed by atoms with van der Waals surface area (Å²) in [5, 5.41) is 0. The van der Waals surface area contributed by atoms with Gasteiger partial charge in [0.05, 0.1) is 20.3 Å². The second kappa shape index (κ2) is 5.07. The zero-order valence-electron chi connectivity index (χ0n) is 10.8. The summed E-state index contributed by atoms with van der Waals surface area (Å²) in [5.41, 5.74) is 1.05. The minimum absolute atomic E-state index is 0.434. The fourth-order valence-electron chi connectivity index (χ4n) is 2.10. The molecule has 100 valence electrons. The molecule has 0 radical (unpaired) electrons. The van der Waals surface area contributed by atoms with Crippen LogP contribution >= 0.6 is 0 Å². The van der Waals surface area contributed by atoms with Gasteiger partial charge >= 0.3 is 0 Å². The summed E-state index contributed by atoms with van der Waals surface area (Å²) in [6, 6.07) is 7.79. The molecule has 0 saturated carbocycles. The van der Waals surface area contributed by atoms with Crippen molar-refractivity contribution in [2.24, 2.45) is 0 Å². The average molecular weight is 260 g/mol. The molecule has 3 rings (SSSR count). The van der Waals surface area contributed by atoms with E-state index in [2.05, 4.69) is 0 Å². The molecule has 2 heterocycles. The Kier molecular flexibility index (Phi) is 3.27. The van der Waals surface area contributed by atoms with E-state index in [-0.39, 0.29) is 0 Å². The fraction of sp³-hybridized carbons (Fsp3) is 0.333. The van der Waals surface area contributed by atoms with E-state index in [4.69, 9.17) is 18.9 Å². The van der Waals surface area contributed by atoms with Crippen LogP contribution in [0.1, 0.15) is 5.56 Å². The number of allylic oxidation sites excluding steroid dienone is 1.